The van der Waals surface area contributed by atoms with Gasteiger partial charge in [-0.2, -0.15) is 0 Å². The highest BCUT2D eigenvalue weighted by molar-refractivity contribution is 8.27. The monoisotopic (exact) mass is 522 g/mol. The standard InChI is InChI=1S/C26H20P2S4/c29-27(30)25(21-13-5-1-6-14-21,22-15-7-2-8-16-22)26(28(31)32,23-17-9-3-10-18-23)24-19-11-4-12-20-24/h1-20H. The van der Waals surface area contributed by atoms with Gasteiger partial charge in [-0.1, -0.05) is 121 Å². The average Bonchev–Trinajstić information content (AvgIpc) is 2.84. The summed E-state index contributed by atoms with van der Waals surface area (Å²) >= 11 is 24.6. The van der Waals surface area contributed by atoms with Gasteiger partial charge in [-0.3, -0.25) is 0 Å². The van der Waals surface area contributed by atoms with E-state index in [1.165, 1.54) is 0 Å². The van der Waals surface area contributed by atoms with Crippen LogP contribution in [0.4, 0.5) is 0 Å². The fraction of sp³-hybridized carbons (Fsp3) is 0.0769. The molecular weight excluding hydrogens is 503 g/mol. The lowest BCUT2D eigenvalue weighted by Crippen LogP contribution is -2.44. The van der Waals surface area contributed by atoms with Gasteiger partial charge in [0.2, 0.25) is 0 Å². The molecule has 0 aliphatic carbocycles. The van der Waals surface area contributed by atoms with Gasteiger partial charge in [0, 0.05) is 10.9 Å². The van der Waals surface area contributed by atoms with Crippen LogP contribution in [-0.2, 0) is 57.5 Å². The Morgan fingerprint density at radius 2 is 0.531 bits per heavy atom. The van der Waals surface area contributed by atoms with E-state index in [0.29, 0.717) is 0 Å². The van der Waals surface area contributed by atoms with Gasteiger partial charge >= 0.3 is 0 Å². The molecule has 4 rings (SSSR count). The second-order valence-corrected chi connectivity index (χ2v) is 15.5. The topological polar surface area (TPSA) is 0 Å². The number of hydrogen-bond acceptors (Lipinski definition) is 4. The fourth-order valence-electron chi connectivity index (χ4n) is 4.57. The Balaban J connectivity index is 2.32. The van der Waals surface area contributed by atoms with E-state index >= 15 is 0 Å². The maximum absolute atomic E-state index is 6.14. The molecule has 0 aliphatic heterocycles. The van der Waals surface area contributed by atoms with Crippen molar-refractivity contribution in [3.63, 3.8) is 0 Å². The summed E-state index contributed by atoms with van der Waals surface area (Å²) < 4.78 is 0. The van der Waals surface area contributed by atoms with Gasteiger partial charge in [0.05, 0.1) is 0 Å². The largest absolute Gasteiger partial charge is 0.100 e. The van der Waals surface area contributed by atoms with Crippen LogP contribution in [-0.4, -0.2) is 0 Å². The summed E-state index contributed by atoms with van der Waals surface area (Å²) in [4.78, 5) is 0. The first-order valence-corrected chi connectivity index (χ1v) is 16.8. The highest BCUT2D eigenvalue weighted by atomic mass is 32.7. The van der Waals surface area contributed by atoms with E-state index in [2.05, 4.69) is 48.5 Å². The first-order valence-electron chi connectivity index (χ1n) is 10.1. The van der Waals surface area contributed by atoms with E-state index in [-0.39, 0.29) is 0 Å². The molecule has 0 bridgehead atoms. The molecule has 0 spiro atoms. The lowest BCUT2D eigenvalue weighted by Gasteiger charge is -2.48. The van der Waals surface area contributed by atoms with Crippen LogP contribution in [0.25, 0.3) is 0 Å². The molecule has 6 heteroatoms. The van der Waals surface area contributed by atoms with Crippen molar-refractivity contribution in [2.24, 2.45) is 0 Å². The van der Waals surface area contributed by atoms with Crippen molar-refractivity contribution in [3.8, 4) is 0 Å². The third-order valence-electron chi connectivity index (χ3n) is 5.84. The Bertz CT molecular complexity index is 1130. The Morgan fingerprint density at radius 3 is 0.688 bits per heavy atom. The molecule has 4 aromatic carbocycles. The summed E-state index contributed by atoms with van der Waals surface area (Å²) in [5, 5.41) is -1.51. The van der Waals surface area contributed by atoms with Crippen LogP contribution in [0.15, 0.2) is 121 Å². The first-order chi connectivity index (χ1) is 15.6. The van der Waals surface area contributed by atoms with Crippen LogP contribution in [0, 0.1) is 0 Å². The van der Waals surface area contributed by atoms with E-state index < -0.39 is 21.3 Å². The zero-order valence-electron chi connectivity index (χ0n) is 17.1. The van der Waals surface area contributed by atoms with Crippen LogP contribution in [0.3, 0.4) is 0 Å². The molecule has 0 fully saturated rings. The molecule has 4 aromatic rings. The van der Waals surface area contributed by atoms with Crippen molar-refractivity contribution in [3.05, 3.63) is 144 Å². The molecule has 0 heterocycles. The van der Waals surface area contributed by atoms with E-state index in [9.17, 15) is 0 Å². The van der Waals surface area contributed by atoms with Crippen LogP contribution in [0.5, 0.6) is 0 Å². The van der Waals surface area contributed by atoms with E-state index in [0.717, 1.165) is 22.3 Å². The number of benzene rings is 4. The predicted octanol–water partition coefficient (Wildman–Crippen LogP) is 7.69. The summed E-state index contributed by atoms with van der Waals surface area (Å²) in [6.45, 7) is 0. The molecule has 0 aromatic heterocycles. The van der Waals surface area contributed by atoms with Crippen molar-refractivity contribution < 1.29 is 0 Å². The van der Waals surface area contributed by atoms with Crippen LogP contribution in [0.1, 0.15) is 22.3 Å². The number of rotatable bonds is 7. The lowest BCUT2D eigenvalue weighted by molar-refractivity contribution is 0.580. The maximum Gasteiger partial charge on any atom is 0.100 e. The van der Waals surface area contributed by atoms with Gasteiger partial charge in [0.1, 0.15) is 10.3 Å². The van der Waals surface area contributed by atoms with E-state index in [4.69, 9.17) is 47.2 Å². The molecule has 0 saturated carbocycles. The Hall–Kier alpha value is -1.64. The summed E-state index contributed by atoms with van der Waals surface area (Å²) in [6.07, 6.45) is 0. The Morgan fingerprint density at radius 1 is 0.344 bits per heavy atom. The molecular formula is C26H20P2S4. The zero-order chi connectivity index (χ0) is 22.6. The molecule has 158 valence electrons. The minimum Gasteiger partial charge on any atom is -0.0622 e. The maximum atomic E-state index is 6.14. The molecule has 0 unspecified atom stereocenters. The van der Waals surface area contributed by atoms with Crippen molar-refractivity contribution in [1.82, 2.24) is 0 Å². The van der Waals surface area contributed by atoms with Crippen molar-refractivity contribution >= 4 is 58.2 Å². The van der Waals surface area contributed by atoms with Crippen molar-refractivity contribution in [2.45, 2.75) is 10.3 Å². The highest BCUT2D eigenvalue weighted by Crippen LogP contribution is 2.67. The predicted molar refractivity (Wildman–Crippen MR) is 151 cm³/mol. The van der Waals surface area contributed by atoms with E-state index in [1.54, 1.807) is 0 Å². The molecule has 0 N–H and O–H groups in total. The summed E-state index contributed by atoms with van der Waals surface area (Å²) in [7, 11) is 0. The molecule has 0 atom stereocenters. The van der Waals surface area contributed by atoms with Crippen molar-refractivity contribution in [1.29, 1.82) is 0 Å². The fourth-order valence-corrected chi connectivity index (χ4v) is 12.6. The summed E-state index contributed by atoms with van der Waals surface area (Å²) in [6, 6.07) is 41.5. The minimum absolute atomic E-state index is 0.757. The molecule has 0 amide bonds. The second-order valence-electron chi connectivity index (χ2n) is 7.40. The Labute approximate surface area is 210 Å². The Kier molecular flexibility index (Phi) is 7.42. The van der Waals surface area contributed by atoms with Gasteiger partial charge in [-0.15, -0.1) is 0 Å². The number of hydrogen-bond donors (Lipinski definition) is 0. The quantitative estimate of drug-likeness (QED) is 0.228. The molecule has 0 aliphatic rings. The van der Waals surface area contributed by atoms with E-state index in [1.807, 2.05) is 72.8 Å². The lowest BCUT2D eigenvalue weighted by atomic mass is 9.71. The van der Waals surface area contributed by atoms with Gasteiger partial charge in [-0.05, 0) is 69.5 Å². The molecule has 0 nitrogen and oxygen atoms in total. The van der Waals surface area contributed by atoms with Gasteiger partial charge in [0.15, 0.2) is 0 Å². The molecule has 32 heavy (non-hydrogen) atoms. The molecule has 0 radical (unpaired) electrons. The third-order valence-corrected chi connectivity index (χ3v) is 12.1. The zero-order valence-corrected chi connectivity index (χ0v) is 22.1. The first kappa shape index (κ1) is 23.5. The smallest absolute Gasteiger partial charge is 0.0622 e. The normalized spacial score (nSPS) is 11.6. The van der Waals surface area contributed by atoms with Gasteiger partial charge < -0.3 is 0 Å². The van der Waals surface area contributed by atoms with Gasteiger partial charge in [0.25, 0.3) is 0 Å². The SMILES string of the molecule is S=P(=S)C(c1ccccc1)(c1ccccc1)C(c1ccccc1)(c1ccccc1)P(=S)=S. The van der Waals surface area contributed by atoms with Gasteiger partial charge in [-0.25, -0.2) is 0 Å². The third kappa shape index (κ3) is 3.74. The second kappa shape index (κ2) is 10.1. The van der Waals surface area contributed by atoms with Crippen LogP contribution in [0.2, 0.25) is 0 Å². The minimum atomic E-state index is -1.42. The molecule has 0 saturated heterocycles. The highest BCUT2D eigenvalue weighted by Gasteiger charge is 2.57. The van der Waals surface area contributed by atoms with Crippen LogP contribution >= 0.6 is 10.9 Å². The summed E-state index contributed by atoms with van der Waals surface area (Å²) in [5.41, 5.74) is 1.43. The average molecular weight is 523 g/mol. The van der Waals surface area contributed by atoms with Crippen LogP contribution < -0.4 is 0 Å². The van der Waals surface area contributed by atoms with Crippen molar-refractivity contribution in [2.75, 3.05) is 0 Å². The summed E-state index contributed by atoms with van der Waals surface area (Å²) in [5.74, 6) is 0.